The van der Waals surface area contributed by atoms with E-state index < -0.39 is 0 Å². The highest BCUT2D eigenvalue weighted by molar-refractivity contribution is 5.86. The van der Waals surface area contributed by atoms with Crippen molar-refractivity contribution in [3.8, 4) is 0 Å². The van der Waals surface area contributed by atoms with Gasteiger partial charge in [-0.15, -0.1) is 0 Å². The Morgan fingerprint density at radius 3 is 2.56 bits per heavy atom. The van der Waals surface area contributed by atoms with E-state index in [1.165, 1.54) is 16.3 Å². The van der Waals surface area contributed by atoms with Crippen molar-refractivity contribution >= 4 is 22.4 Å². The highest BCUT2D eigenvalue weighted by Crippen LogP contribution is 2.25. The summed E-state index contributed by atoms with van der Waals surface area (Å²) >= 11 is 0. The van der Waals surface area contributed by atoms with Gasteiger partial charge in [0.1, 0.15) is 5.82 Å². The zero-order valence-corrected chi connectivity index (χ0v) is 9.85. The molecule has 1 heterocycles. The summed E-state index contributed by atoms with van der Waals surface area (Å²) in [7, 11) is 0. The van der Waals surface area contributed by atoms with E-state index in [9.17, 15) is 0 Å². The molecular formula is C14H14N4. The third-order valence-electron chi connectivity index (χ3n) is 3.18. The first kappa shape index (κ1) is 10.7. The molecule has 0 spiro atoms. The molecule has 3 aromatic rings. The molecule has 90 valence electrons. The second-order valence-corrected chi connectivity index (χ2v) is 4.32. The lowest BCUT2D eigenvalue weighted by atomic mass is 9.99. The molecule has 2 aromatic carbocycles. The molecule has 0 aliphatic heterocycles. The quantitative estimate of drug-likeness (QED) is 0.641. The summed E-state index contributed by atoms with van der Waals surface area (Å²) in [5, 5.41) is 9.07. The van der Waals surface area contributed by atoms with Gasteiger partial charge in [0.15, 0.2) is 5.82 Å². The predicted octanol–water partition coefficient (Wildman–Crippen LogP) is 2.32. The van der Waals surface area contributed by atoms with Gasteiger partial charge in [-0.3, -0.25) is 5.10 Å². The number of nitrogens with zero attached hydrogens (tertiary/aromatic N) is 1. The van der Waals surface area contributed by atoms with Crippen molar-refractivity contribution in [2.24, 2.45) is 0 Å². The summed E-state index contributed by atoms with van der Waals surface area (Å²) in [6.07, 6.45) is 0.690. The van der Waals surface area contributed by atoms with E-state index in [0.717, 1.165) is 5.56 Å². The Bertz CT molecular complexity index is 675. The van der Waals surface area contributed by atoms with Crippen molar-refractivity contribution in [3.63, 3.8) is 0 Å². The van der Waals surface area contributed by atoms with E-state index >= 15 is 0 Å². The zero-order valence-electron chi connectivity index (χ0n) is 9.85. The summed E-state index contributed by atoms with van der Waals surface area (Å²) in [5.74, 6) is 1.01. The van der Waals surface area contributed by atoms with E-state index in [4.69, 9.17) is 11.5 Å². The Hall–Kier alpha value is -2.49. The third kappa shape index (κ3) is 1.68. The number of aromatic amines is 1. The van der Waals surface area contributed by atoms with Gasteiger partial charge in [0.05, 0.1) is 0 Å². The molecule has 1 aromatic heterocycles. The maximum absolute atomic E-state index is 5.84. The Balaban J connectivity index is 2.11. The van der Waals surface area contributed by atoms with Gasteiger partial charge in [-0.2, -0.15) is 5.10 Å². The molecule has 0 saturated heterocycles. The maximum atomic E-state index is 5.84. The molecule has 4 heteroatoms. The molecule has 0 saturated carbocycles. The average molecular weight is 238 g/mol. The number of nitrogen functional groups attached to an aromatic ring is 2. The number of aromatic nitrogens is 2. The van der Waals surface area contributed by atoms with Crippen LogP contribution in [0.4, 0.5) is 11.6 Å². The SMILES string of the molecule is Nc1n[nH]c(N)c1Cc1cccc2ccccc12. The first-order valence-corrected chi connectivity index (χ1v) is 5.80. The van der Waals surface area contributed by atoms with Crippen LogP contribution in [-0.4, -0.2) is 10.2 Å². The van der Waals surface area contributed by atoms with E-state index in [-0.39, 0.29) is 0 Å². The van der Waals surface area contributed by atoms with Crippen molar-refractivity contribution < 1.29 is 0 Å². The lowest BCUT2D eigenvalue weighted by Crippen LogP contribution is -1.97. The zero-order chi connectivity index (χ0) is 12.5. The molecule has 0 aliphatic carbocycles. The molecule has 0 radical (unpaired) electrons. The normalized spacial score (nSPS) is 10.9. The molecule has 0 bridgehead atoms. The minimum absolute atomic E-state index is 0.473. The number of fused-ring (bicyclic) bond motifs is 1. The van der Waals surface area contributed by atoms with Gasteiger partial charge < -0.3 is 11.5 Å². The molecule has 0 atom stereocenters. The first-order valence-electron chi connectivity index (χ1n) is 5.80. The van der Waals surface area contributed by atoms with Crippen LogP contribution in [0.15, 0.2) is 42.5 Å². The number of hydrogen-bond donors (Lipinski definition) is 3. The van der Waals surface area contributed by atoms with Gasteiger partial charge >= 0.3 is 0 Å². The van der Waals surface area contributed by atoms with E-state index in [0.29, 0.717) is 18.1 Å². The summed E-state index contributed by atoms with van der Waals surface area (Å²) in [5.41, 5.74) is 13.7. The van der Waals surface area contributed by atoms with Gasteiger partial charge in [0, 0.05) is 12.0 Å². The van der Waals surface area contributed by atoms with E-state index in [2.05, 4.69) is 34.5 Å². The number of benzene rings is 2. The van der Waals surface area contributed by atoms with Crippen LogP contribution >= 0.6 is 0 Å². The van der Waals surface area contributed by atoms with Crippen LogP contribution in [0.25, 0.3) is 10.8 Å². The Morgan fingerprint density at radius 1 is 1.00 bits per heavy atom. The minimum atomic E-state index is 0.473. The number of rotatable bonds is 2. The average Bonchev–Trinajstić information content (AvgIpc) is 2.71. The highest BCUT2D eigenvalue weighted by Gasteiger charge is 2.10. The molecule has 0 fully saturated rings. The third-order valence-corrected chi connectivity index (χ3v) is 3.18. The standard InChI is InChI=1S/C14H14N4/c15-13-12(14(16)18-17-13)8-10-6-3-5-9-4-1-2-7-11(9)10/h1-7H,8H2,(H5,15,16,17,18). The fourth-order valence-corrected chi connectivity index (χ4v) is 2.22. The lowest BCUT2D eigenvalue weighted by Gasteiger charge is -2.06. The summed E-state index contributed by atoms with van der Waals surface area (Å²) in [6.45, 7) is 0. The molecular weight excluding hydrogens is 224 g/mol. The monoisotopic (exact) mass is 238 g/mol. The Kier molecular flexibility index (Phi) is 2.41. The van der Waals surface area contributed by atoms with Crippen LogP contribution in [-0.2, 0) is 6.42 Å². The van der Waals surface area contributed by atoms with E-state index in [1.54, 1.807) is 0 Å². The fraction of sp³-hybridized carbons (Fsp3) is 0.0714. The van der Waals surface area contributed by atoms with Crippen molar-refractivity contribution in [3.05, 3.63) is 53.6 Å². The minimum Gasteiger partial charge on any atom is -0.384 e. The molecule has 0 aliphatic rings. The number of nitrogens with one attached hydrogen (secondary N) is 1. The van der Waals surface area contributed by atoms with Crippen molar-refractivity contribution in [2.45, 2.75) is 6.42 Å². The number of anilines is 2. The topological polar surface area (TPSA) is 80.7 Å². The second kappa shape index (κ2) is 4.07. The van der Waals surface area contributed by atoms with Crippen LogP contribution in [0.1, 0.15) is 11.1 Å². The van der Waals surface area contributed by atoms with Crippen molar-refractivity contribution in [1.82, 2.24) is 10.2 Å². The van der Waals surface area contributed by atoms with Gasteiger partial charge in [-0.1, -0.05) is 42.5 Å². The molecule has 18 heavy (non-hydrogen) atoms. The highest BCUT2D eigenvalue weighted by atomic mass is 15.2. The molecule has 3 rings (SSSR count). The van der Waals surface area contributed by atoms with E-state index in [1.807, 2.05) is 18.2 Å². The van der Waals surface area contributed by atoms with Crippen LogP contribution in [0, 0.1) is 0 Å². The first-order chi connectivity index (χ1) is 8.75. The molecule has 5 N–H and O–H groups in total. The number of hydrogen-bond acceptors (Lipinski definition) is 3. The van der Waals surface area contributed by atoms with Gasteiger partial charge in [0.25, 0.3) is 0 Å². The second-order valence-electron chi connectivity index (χ2n) is 4.32. The maximum Gasteiger partial charge on any atom is 0.150 e. The summed E-state index contributed by atoms with van der Waals surface area (Å²) in [4.78, 5) is 0. The van der Waals surface area contributed by atoms with Crippen LogP contribution < -0.4 is 11.5 Å². The number of nitrogens with two attached hydrogens (primary N) is 2. The largest absolute Gasteiger partial charge is 0.384 e. The molecule has 4 nitrogen and oxygen atoms in total. The Labute approximate surface area is 105 Å². The van der Waals surface area contributed by atoms with Gasteiger partial charge in [0.2, 0.25) is 0 Å². The lowest BCUT2D eigenvalue weighted by molar-refractivity contribution is 1.11. The smallest absolute Gasteiger partial charge is 0.150 e. The molecule has 0 unspecified atom stereocenters. The van der Waals surface area contributed by atoms with Crippen molar-refractivity contribution in [2.75, 3.05) is 11.5 Å². The van der Waals surface area contributed by atoms with Crippen molar-refractivity contribution in [1.29, 1.82) is 0 Å². The fourth-order valence-electron chi connectivity index (χ4n) is 2.22. The van der Waals surface area contributed by atoms with Gasteiger partial charge in [-0.05, 0) is 16.3 Å². The number of H-pyrrole nitrogens is 1. The van der Waals surface area contributed by atoms with Crippen LogP contribution in [0.2, 0.25) is 0 Å². The predicted molar refractivity (Wildman–Crippen MR) is 74.2 cm³/mol. The molecule has 0 amide bonds. The Morgan fingerprint density at radius 2 is 1.78 bits per heavy atom. The van der Waals surface area contributed by atoms with Gasteiger partial charge in [-0.25, -0.2) is 0 Å². The summed E-state index contributed by atoms with van der Waals surface area (Å²) < 4.78 is 0. The van der Waals surface area contributed by atoms with Crippen LogP contribution in [0.5, 0.6) is 0 Å². The summed E-state index contributed by atoms with van der Waals surface area (Å²) in [6, 6.07) is 14.5. The van der Waals surface area contributed by atoms with Crippen LogP contribution in [0.3, 0.4) is 0 Å².